The molecule has 2 aliphatic heterocycles. The Bertz CT molecular complexity index is 960. The van der Waals surface area contributed by atoms with Gasteiger partial charge >= 0.3 is 12.1 Å². The molecule has 1 aliphatic carbocycles. The summed E-state index contributed by atoms with van der Waals surface area (Å²) in [4.78, 5) is 32.7. The molecule has 34 heavy (non-hydrogen) atoms. The number of piperazine rings is 1. The molecular formula is C22H31Cl2N5O5. The van der Waals surface area contributed by atoms with Crippen molar-refractivity contribution in [3.05, 3.63) is 15.7 Å². The topological polar surface area (TPSA) is 116 Å². The van der Waals surface area contributed by atoms with Crippen molar-refractivity contribution in [1.29, 1.82) is 0 Å². The summed E-state index contributed by atoms with van der Waals surface area (Å²) in [6.45, 7) is 8.83. The van der Waals surface area contributed by atoms with Gasteiger partial charge in [-0.05, 0) is 39.7 Å². The Balaban J connectivity index is 1.46. The number of hydrogen-bond acceptors (Lipinski definition) is 8. The molecule has 3 aliphatic rings. The van der Waals surface area contributed by atoms with E-state index < -0.39 is 17.7 Å². The number of carboxylic acid groups (broad SMARTS) is 1. The van der Waals surface area contributed by atoms with Crippen LogP contribution in [0.3, 0.4) is 0 Å². The number of carbonyl (C=O) groups excluding carboxylic acids is 1. The number of anilines is 1. The minimum Gasteiger partial charge on any atom is -0.489 e. The van der Waals surface area contributed by atoms with E-state index in [1.807, 2.05) is 20.8 Å². The van der Waals surface area contributed by atoms with E-state index in [1.54, 1.807) is 4.90 Å². The third kappa shape index (κ3) is 5.45. The van der Waals surface area contributed by atoms with E-state index in [-0.39, 0.29) is 46.0 Å². The maximum Gasteiger partial charge on any atom is 0.410 e. The number of carbonyl (C=O) groups is 2. The maximum atomic E-state index is 12.4. The van der Waals surface area contributed by atoms with Crippen LogP contribution in [0.15, 0.2) is 0 Å². The summed E-state index contributed by atoms with van der Waals surface area (Å²) >= 11 is 12.6. The molecular weight excluding hydrogens is 485 g/mol. The molecule has 0 spiro atoms. The number of hydrogen-bond donors (Lipinski definition) is 3. The molecule has 3 N–H and O–H groups in total. The summed E-state index contributed by atoms with van der Waals surface area (Å²) in [5, 5.41) is 16.4. The lowest BCUT2D eigenvalue weighted by Crippen LogP contribution is -2.55. The normalized spacial score (nSPS) is 26.7. The number of pyridine rings is 1. The minimum absolute atomic E-state index is 0.0286. The number of likely N-dealkylation sites (tertiary alicyclic amines) is 1. The van der Waals surface area contributed by atoms with Crippen LogP contribution in [0.5, 0.6) is 5.75 Å². The van der Waals surface area contributed by atoms with E-state index in [0.29, 0.717) is 31.5 Å². The van der Waals surface area contributed by atoms with Crippen molar-refractivity contribution in [1.82, 2.24) is 20.1 Å². The van der Waals surface area contributed by atoms with E-state index >= 15 is 0 Å². The number of nitrogens with one attached hydrogen (secondary N) is 2. The Morgan fingerprint density at radius 3 is 2.53 bits per heavy atom. The lowest BCUT2D eigenvalue weighted by Gasteiger charge is -2.34. The molecule has 3 fully saturated rings. The lowest BCUT2D eigenvalue weighted by molar-refractivity contribution is 0.0178. The molecule has 4 rings (SSSR count). The van der Waals surface area contributed by atoms with Crippen LogP contribution >= 0.6 is 23.2 Å². The van der Waals surface area contributed by atoms with Crippen molar-refractivity contribution < 1.29 is 24.2 Å². The monoisotopic (exact) mass is 515 g/mol. The van der Waals surface area contributed by atoms with Gasteiger partial charge in [-0.3, -0.25) is 0 Å². The van der Waals surface area contributed by atoms with Gasteiger partial charge in [0.2, 0.25) is 0 Å². The molecule has 1 aromatic heterocycles. The van der Waals surface area contributed by atoms with Crippen LogP contribution in [0.1, 0.15) is 31.1 Å². The first-order chi connectivity index (χ1) is 15.9. The number of rotatable bonds is 6. The van der Waals surface area contributed by atoms with Gasteiger partial charge in [-0.25, -0.2) is 14.6 Å². The number of halogens is 2. The van der Waals surface area contributed by atoms with Crippen LogP contribution in [0, 0.1) is 11.8 Å². The van der Waals surface area contributed by atoms with Gasteiger partial charge < -0.3 is 35.0 Å². The number of amides is 1. The third-order valence-corrected chi connectivity index (χ3v) is 7.01. The molecule has 4 atom stereocenters. The van der Waals surface area contributed by atoms with E-state index in [1.165, 1.54) is 0 Å². The molecule has 12 heteroatoms. The third-order valence-electron chi connectivity index (χ3n) is 6.28. The summed E-state index contributed by atoms with van der Waals surface area (Å²) < 4.78 is 11.4. The maximum absolute atomic E-state index is 12.4. The van der Waals surface area contributed by atoms with E-state index in [9.17, 15) is 14.7 Å². The highest BCUT2D eigenvalue weighted by Gasteiger charge is 2.55. The molecule has 0 bridgehead atoms. The van der Waals surface area contributed by atoms with Gasteiger partial charge in [0, 0.05) is 38.8 Å². The zero-order chi connectivity index (χ0) is 24.8. The second-order valence-electron chi connectivity index (χ2n) is 10.2. The summed E-state index contributed by atoms with van der Waals surface area (Å²) in [6.07, 6.45) is -0.401. The Morgan fingerprint density at radius 1 is 1.24 bits per heavy atom. The quantitative estimate of drug-likeness (QED) is 0.491. The molecule has 0 radical (unpaired) electrons. The van der Waals surface area contributed by atoms with Crippen LogP contribution in [0.4, 0.5) is 10.6 Å². The largest absolute Gasteiger partial charge is 0.489 e. The van der Waals surface area contributed by atoms with Crippen LogP contribution in [-0.2, 0) is 4.74 Å². The first kappa shape index (κ1) is 25.1. The Labute approximate surface area is 208 Å². The van der Waals surface area contributed by atoms with Crippen molar-refractivity contribution in [2.24, 2.45) is 11.8 Å². The molecule has 3 heterocycles. The summed E-state index contributed by atoms with van der Waals surface area (Å²) in [7, 11) is 2.07. The zero-order valence-electron chi connectivity index (χ0n) is 19.7. The second kappa shape index (κ2) is 9.56. The first-order valence-electron chi connectivity index (χ1n) is 11.4. The second-order valence-corrected chi connectivity index (χ2v) is 10.9. The molecule has 188 valence electrons. The molecule has 1 amide bonds. The Hall–Kier alpha value is -2.01. The highest BCUT2D eigenvalue weighted by Crippen LogP contribution is 2.48. The summed E-state index contributed by atoms with van der Waals surface area (Å²) in [5.74, 6) is -0.171. The highest BCUT2D eigenvalue weighted by molar-refractivity contribution is 6.42. The fourth-order valence-electron chi connectivity index (χ4n) is 4.68. The lowest BCUT2D eigenvalue weighted by atomic mass is 10.2. The fourth-order valence-corrected chi connectivity index (χ4v) is 5.04. The van der Waals surface area contributed by atoms with Crippen molar-refractivity contribution in [2.75, 3.05) is 51.7 Å². The van der Waals surface area contributed by atoms with Crippen LogP contribution in [0.2, 0.25) is 10.2 Å². The smallest absolute Gasteiger partial charge is 0.410 e. The molecule has 2 saturated heterocycles. The first-order valence-corrected chi connectivity index (χ1v) is 12.1. The van der Waals surface area contributed by atoms with Crippen LogP contribution < -0.4 is 15.4 Å². The average Bonchev–Trinajstić information content (AvgIpc) is 3.18. The Kier molecular flexibility index (Phi) is 7.06. The summed E-state index contributed by atoms with van der Waals surface area (Å²) in [6, 6.07) is -0.102. The van der Waals surface area contributed by atoms with Crippen LogP contribution in [-0.4, -0.2) is 96.0 Å². The predicted molar refractivity (Wildman–Crippen MR) is 128 cm³/mol. The van der Waals surface area contributed by atoms with Gasteiger partial charge in [0.15, 0.2) is 10.9 Å². The van der Waals surface area contributed by atoms with Crippen LogP contribution in [0.25, 0.3) is 0 Å². The highest BCUT2D eigenvalue weighted by atomic mass is 35.5. The molecule has 0 aromatic carbocycles. The number of carboxylic acids is 1. The standard InChI is InChI=1S/C22H31Cl2N5O5/c1-22(2,3)34-21(32)29-6-5-25-11(7-29)10-33-17-14(20(30)31)19(27-18(24)15(17)23)26-16-12-8-28(4)9-13(12)16/h11-13,16,25H,5-10H2,1-4H3,(H,26,27)(H,30,31)/t11-,12-,13+,16?/m1/s1. The average molecular weight is 516 g/mol. The molecule has 1 aromatic rings. The van der Waals surface area contributed by atoms with Crippen molar-refractivity contribution in [2.45, 2.75) is 38.5 Å². The zero-order valence-corrected chi connectivity index (χ0v) is 21.2. The van der Waals surface area contributed by atoms with Crippen molar-refractivity contribution in [3.8, 4) is 5.75 Å². The molecule has 1 unspecified atom stereocenters. The molecule has 10 nitrogen and oxygen atoms in total. The molecule has 1 saturated carbocycles. The number of aromatic carboxylic acids is 1. The number of fused-ring (bicyclic) bond motifs is 1. The van der Waals surface area contributed by atoms with Gasteiger partial charge in [-0.2, -0.15) is 0 Å². The SMILES string of the molecule is CN1C[C@@H]2C(Nc3nc(Cl)c(Cl)c(OC[C@H]4CN(C(=O)OC(C)(C)C)CCN4)c3C(=O)O)[C@@H]2C1. The minimum atomic E-state index is -1.21. The number of piperidine rings is 1. The van der Waals surface area contributed by atoms with Crippen molar-refractivity contribution in [3.63, 3.8) is 0 Å². The van der Waals surface area contributed by atoms with E-state index in [2.05, 4.69) is 27.6 Å². The van der Waals surface area contributed by atoms with Gasteiger partial charge in [-0.1, -0.05) is 23.2 Å². The van der Waals surface area contributed by atoms with E-state index in [0.717, 1.165) is 13.1 Å². The number of nitrogens with zero attached hydrogens (tertiary/aromatic N) is 3. The van der Waals surface area contributed by atoms with Gasteiger partial charge in [0.05, 0.1) is 6.04 Å². The Morgan fingerprint density at radius 2 is 1.91 bits per heavy atom. The predicted octanol–water partition coefficient (Wildman–Crippen LogP) is 2.65. The number of ether oxygens (including phenoxy) is 2. The number of aromatic nitrogens is 1. The van der Waals surface area contributed by atoms with Gasteiger partial charge in [0.25, 0.3) is 0 Å². The van der Waals surface area contributed by atoms with Crippen molar-refractivity contribution >= 4 is 41.1 Å². The van der Waals surface area contributed by atoms with E-state index in [4.69, 9.17) is 32.7 Å². The van der Waals surface area contributed by atoms with Gasteiger partial charge in [-0.15, -0.1) is 0 Å². The fraction of sp³-hybridized carbons (Fsp3) is 0.682. The van der Waals surface area contributed by atoms with Gasteiger partial charge in [0.1, 0.15) is 28.6 Å². The summed E-state index contributed by atoms with van der Waals surface area (Å²) in [5.41, 5.74) is -0.739.